The monoisotopic (exact) mass is 401 g/mol. The van der Waals surface area contributed by atoms with Gasteiger partial charge in [-0.05, 0) is 74.4 Å². The van der Waals surface area contributed by atoms with E-state index >= 15 is 0 Å². The van der Waals surface area contributed by atoms with E-state index in [0.717, 1.165) is 36.0 Å². The summed E-state index contributed by atoms with van der Waals surface area (Å²) in [4.78, 5) is 12.6. The highest BCUT2D eigenvalue weighted by Crippen LogP contribution is 2.25. The molecule has 0 radical (unpaired) electrons. The lowest BCUT2D eigenvalue weighted by molar-refractivity contribution is -0.116. The summed E-state index contributed by atoms with van der Waals surface area (Å²) < 4.78 is 29.5. The van der Waals surface area contributed by atoms with Crippen molar-refractivity contribution in [1.29, 1.82) is 0 Å². The highest BCUT2D eigenvalue weighted by Gasteiger charge is 2.16. The predicted molar refractivity (Wildman–Crippen MR) is 111 cm³/mol. The number of hydrogen-bond acceptors (Lipinski definition) is 4. The van der Waals surface area contributed by atoms with Gasteiger partial charge in [-0.1, -0.05) is 18.2 Å². The van der Waals surface area contributed by atoms with Gasteiger partial charge in [0.15, 0.2) is 9.84 Å². The maximum absolute atomic E-state index is 12.4. The molecule has 1 amide bonds. The molecule has 2 aromatic rings. The molecule has 5 nitrogen and oxygen atoms in total. The Bertz CT molecular complexity index is 947. The van der Waals surface area contributed by atoms with E-state index in [0.29, 0.717) is 24.6 Å². The summed E-state index contributed by atoms with van der Waals surface area (Å²) in [6.07, 6.45) is 7.05. The van der Waals surface area contributed by atoms with Gasteiger partial charge in [-0.3, -0.25) is 4.79 Å². The Hall–Kier alpha value is -2.34. The van der Waals surface area contributed by atoms with Gasteiger partial charge in [-0.15, -0.1) is 0 Å². The summed E-state index contributed by atoms with van der Waals surface area (Å²) in [5.74, 6) is 0.720. The highest BCUT2D eigenvalue weighted by molar-refractivity contribution is 7.90. The Kier molecular flexibility index (Phi) is 6.39. The Labute approximate surface area is 167 Å². The van der Waals surface area contributed by atoms with Crippen molar-refractivity contribution in [3.05, 3.63) is 53.6 Å². The fraction of sp³-hybridized carbons (Fsp3) is 0.409. The van der Waals surface area contributed by atoms with Crippen molar-refractivity contribution in [2.75, 3.05) is 11.6 Å². The Balaban J connectivity index is 1.59. The minimum Gasteiger partial charge on any atom is -0.490 e. The van der Waals surface area contributed by atoms with Crippen LogP contribution in [0, 0.1) is 6.92 Å². The number of carbonyl (C=O) groups is 1. The van der Waals surface area contributed by atoms with Crippen molar-refractivity contribution >= 4 is 21.4 Å². The van der Waals surface area contributed by atoms with Crippen LogP contribution in [-0.2, 0) is 21.1 Å². The van der Waals surface area contributed by atoms with Crippen LogP contribution in [0.4, 0.5) is 5.69 Å². The van der Waals surface area contributed by atoms with Crippen LogP contribution < -0.4 is 10.1 Å². The number of rotatable bonds is 7. The van der Waals surface area contributed by atoms with Crippen molar-refractivity contribution < 1.29 is 17.9 Å². The van der Waals surface area contributed by atoms with Gasteiger partial charge in [-0.2, -0.15) is 0 Å². The van der Waals surface area contributed by atoms with Crippen LogP contribution >= 0.6 is 0 Å². The van der Waals surface area contributed by atoms with E-state index in [1.807, 2.05) is 31.2 Å². The molecule has 6 heteroatoms. The Morgan fingerprint density at radius 2 is 1.89 bits per heavy atom. The normalized spacial score (nSPS) is 14.8. The molecule has 0 unspecified atom stereocenters. The summed E-state index contributed by atoms with van der Waals surface area (Å²) in [5, 5.41) is 2.83. The van der Waals surface area contributed by atoms with Crippen LogP contribution in [0.1, 0.15) is 43.2 Å². The third kappa shape index (κ3) is 5.58. The quantitative estimate of drug-likeness (QED) is 0.751. The molecule has 0 aromatic heterocycles. The van der Waals surface area contributed by atoms with E-state index in [1.54, 1.807) is 12.1 Å². The number of aryl methyl sites for hydroxylation is 2. The Morgan fingerprint density at radius 1 is 1.14 bits per heavy atom. The zero-order valence-corrected chi connectivity index (χ0v) is 17.2. The molecule has 150 valence electrons. The van der Waals surface area contributed by atoms with Gasteiger partial charge in [0.25, 0.3) is 0 Å². The zero-order chi connectivity index (χ0) is 20.1. The lowest BCUT2D eigenvalue weighted by Crippen LogP contribution is -2.14. The summed E-state index contributed by atoms with van der Waals surface area (Å²) >= 11 is 0. The molecule has 1 fully saturated rings. The summed E-state index contributed by atoms with van der Waals surface area (Å²) in [6.45, 7) is 1.84. The number of amides is 1. The summed E-state index contributed by atoms with van der Waals surface area (Å²) in [5.41, 5.74) is 2.41. The molecular formula is C22H27NO4S. The van der Waals surface area contributed by atoms with Gasteiger partial charge in [0, 0.05) is 18.4 Å². The van der Waals surface area contributed by atoms with Crippen molar-refractivity contribution in [2.24, 2.45) is 0 Å². The number of hydrogen-bond donors (Lipinski definition) is 1. The highest BCUT2D eigenvalue weighted by atomic mass is 32.2. The lowest BCUT2D eigenvalue weighted by atomic mass is 10.1. The number of anilines is 1. The van der Waals surface area contributed by atoms with Crippen LogP contribution in [0.15, 0.2) is 47.4 Å². The van der Waals surface area contributed by atoms with Crippen LogP contribution in [0.3, 0.4) is 0 Å². The number of ether oxygens (including phenoxy) is 1. The van der Waals surface area contributed by atoms with E-state index < -0.39 is 9.84 Å². The Morgan fingerprint density at radius 3 is 2.61 bits per heavy atom. The number of benzene rings is 2. The fourth-order valence-corrected chi connectivity index (χ4v) is 4.06. The summed E-state index contributed by atoms with van der Waals surface area (Å²) in [7, 11) is -3.31. The van der Waals surface area contributed by atoms with Gasteiger partial charge >= 0.3 is 0 Å². The molecule has 0 bridgehead atoms. The standard InChI is InChI=1S/C22H27NO4S/c1-16-10-12-20(28(2,25)26)15-21(16)23-22(24)13-11-17-6-5-9-19(14-17)27-18-7-3-4-8-18/h5-6,9-10,12,14-15,18H,3-4,7-8,11,13H2,1-2H3,(H,23,24). The van der Waals surface area contributed by atoms with E-state index in [9.17, 15) is 13.2 Å². The largest absolute Gasteiger partial charge is 0.490 e. The molecule has 1 aliphatic rings. The molecule has 3 rings (SSSR count). The minimum atomic E-state index is -3.31. The van der Waals surface area contributed by atoms with Crippen molar-refractivity contribution in [2.45, 2.75) is 56.4 Å². The third-order valence-corrected chi connectivity index (χ3v) is 6.17. The fourth-order valence-electron chi connectivity index (χ4n) is 3.41. The van der Waals surface area contributed by atoms with E-state index in [2.05, 4.69) is 5.32 Å². The molecule has 0 atom stereocenters. The molecule has 1 saturated carbocycles. The first-order valence-corrected chi connectivity index (χ1v) is 11.6. The van der Waals surface area contributed by atoms with Gasteiger partial charge < -0.3 is 10.1 Å². The molecular weight excluding hydrogens is 374 g/mol. The minimum absolute atomic E-state index is 0.143. The van der Waals surface area contributed by atoms with Gasteiger partial charge in [0.2, 0.25) is 5.91 Å². The van der Waals surface area contributed by atoms with Crippen molar-refractivity contribution in [3.8, 4) is 5.75 Å². The van der Waals surface area contributed by atoms with Crippen molar-refractivity contribution in [3.63, 3.8) is 0 Å². The molecule has 0 spiro atoms. The second-order valence-electron chi connectivity index (χ2n) is 7.47. The first kappa shape index (κ1) is 20.4. The molecule has 0 heterocycles. The molecule has 1 N–H and O–H groups in total. The van der Waals surface area contributed by atoms with Gasteiger partial charge in [-0.25, -0.2) is 8.42 Å². The second kappa shape index (κ2) is 8.78. The molecule has 2 aromatic carbocycles. The molecule has 0 saturated heterocycles. The van der Waals surface area contributed by atoms with Gasteiger partial charge in [0.05, 0.1) is 11.0 Å². The molecule has 1 aliphatic carbocycles. The topological polar surface area (TPSA) is 72.5 Å². The maximum atomic E-state index is 12.4. The van der Waals surface area contributed by atoms with E-state index in [-0.39, 0.29) is 10.8 Å². The van der Waals surface area contributed by atoms with Crippen LogP contribution in [0.5, 0.6) is 5.75 Å². The van der Waals surface area contributed by atoms with E-state index in [1.165, 1.54) is 18.9 Å². The number of nitrogens with one attached hydrogen (secondary N) is 1. The lowest BCUT2D eigenvalue weighted by Gasteiger charge is -2.14. The average molecular weight is 402 g/mol. The van der Waals surface area contributed by atoms with Crippen molar-refractivity contribution in [1.82, 2.24) is 0 Å². The average Bonchev–Trinajstić information content (AvgIpc) is 3.14. The number of carbonyl (C=O) groups excluding carboxylic acids is 1. The van der Waals surface area contributed by atoms with Gasteiger partial charge in [0.1, 0.15) is 5.75 Å². The first-order valence-electron chi connectivity index (χ1n) is 9.67. The number of sulfone groups is 1. The molecule has 28 heavy (non-hydrogen) atoms. The van der Waals surface area contributed by atoms with Crippen LogP contribution in [0.2, 0.25) is 0 Å². The zero-order valence-electron chi connectivity index (χ0n) is 16.4. The predicted octanol–water partition coefficient (Wildman–Crippen LogP) is 4.29. The maximum Gasteiger partial charge on any atom is 0.224 e. The SMILES string of the molecule is Cc1ccc(S(C)(=O)=O)cc1NC(=O)CCc1cccc(OC2CCCC2)c1. The van der Waals surface area contributed by atoms with Crippen LogP contribution in [-0.4, -0.2) is 26.7 Å². The third-order valence-electron chi connectivity index (χ3n) is 5.06. The molecule has 0 aliphatic heterocycles. The van der Waals surface area contributed by atoms with Crippen LogP contribution in [0.25, 0.3) is 0 Å². The van der Waals surface area contributed by atoms with E-state index in [4.69, 9.17) is 4.74 Å². The smallest absolute Gasteiger partial charge is 0.224 e. The first-order chi connectivity index (χ1) is 13.3. The second-order valence-corrected chi connectivity index (χ2v) is 9.48. The summed E-state index contributed by atoms with van der Waals surface area (Å²) in [6, 6.07) is 12.7.